The fraction of sp³-hybridized carbons (Fsp3) is 0.778. The van der Waals surface area contributed by atoms with Gasteiger partial charge in [-0.1, -0.05) is 13.8 Å². The summed E-state index contributed by atoms with van der Waals surface area (Å²) in [6, 6.07) is -0.410. The molecular weight excluding hydrogens is 168 g/mol. The number of amides is 2. The molecule has 13 heavy (non-hydrogen) atoms. The molecule has 4 nitrogen and oxygen atoms in total. The summed E-state index contributed by atoms with van der Waals surface area (Å²) in [5.74, 6) is -0.127. The standard InChI is InChI=1S/C9H18N2O2/c1-6(2)8(10-7(3)12)9(13)11(4)5/h6,8H,1-5H3,(H,10,12). The van der Waals surface area contributed by atoms with Crippen LogP contribution in [0.3, 0.4) is 0 Å². The van der Waals surface area contributed by atoms with E-state index in [2.05, 4.69) is 5.32 Å². The Kier molecular flexibility index (Phi) is 4.45. The first-order valence-electron chi connectivity index (χ1n) is 4.34. The molecule has 4 heteroatoms. The Morgan fingerprint density at radius 3 is 1.92 bits per heavy atom. The number of likely N-dealkylation sites (N-methyl/N-ethyl adjacent to an activating group) is 1. The first-order valence-corrected chi connectivity index (χ1v) is 4.34. The molecule has 1 atom stereocenters. The molecule has 0 bridgehead atoms. The third-order valence-corrected chi connectivity index (χ3v) is 1.73. The van der Waals surface area contributed by atoms with Gasteiger partial charge in [0.25, 0.3) is 0 Å². The molecule has 0 aromatic heterocycles. The predicted octanol–water partition coefficient (Wildman–Crippen LogP) is 0.235. The van der Waals surface area contributed by atoms with Gasteiger partial charge in [0, 0.05) is 21.0 Å². The van der Waals surface area contributed by atoms with E-state index in [-0.39, 0.29) is 17.7 Å². The molecule has 76 valence electrons. The largest absolute Gasteiger partial charge is 0.347 e. The van der Waals surface area contributed by atoms with Crippen LogP contribution in [0, 0.1) is 5.92 Å². The van der Waals surface area contributed by atoms with Crippen molar-refractivity contribution in [1.82, 2.24) is 10.2 Å². The van der Waals surface area contributed by atoms with Crippen molar-refractivity contribution >= 4 is 11.8 Å². The topological polar surface area (TPSA) is 49.4 Å². The number of rotatable bonds is 3. The van der Waals surface area contributed by atoms with Crippen molar-refractivity contribution in [2.75, 3.05) is 14.1 Å². The van der Waals surface area contributed by atoms with Gasteiger partial charge in [0.05, 0.1) is 0 Å². The molecule has 0 heterocycles. The van der Waals surface area contributed by atoms with E-state index in [1.807, 2.05) is 13.8 Å². The quantitative estimate of drug-likeness (QED) is 0.686. The van der Waals surface area contributed by atoms with E-state index >= 15 is 0 Å². The van der Waals surface area contributed by atoms with Crippen molar-refractivity contribution in [1.29, 1.82) is 0 Å². The molecule has 0 fully saturated rings. The molecule has 0 saturated carbocycles. The number of hydrogen-bond donors (Lipinski definition) is 1. The predicted molar refractivity (Wildman–Crippen MR) is 51.1 cm³/mol. The number of hydrogen-bond acceptors (Lipinski definition) is 2. The van der Waals surface area contributed by atoms with Crippen molar-refractivity contribution in [2.45, 2.75) is 26.8 Å². The van der Waals surface area contributed by atoms with Crippen LogP contribution >= 0.6 is 0 Å². The fourth-order valence-electron chi connectivity index (χ4n) is 1.01. The Morgan fingerprint density at radius 1 is 1.23 bits per heavy atom. The molecule has 0 saturated heterocycles. The zero-order valence-corrected chi connectivity index (χ0v) is 8.92. The zero-order valence-electron chi connectivity index (χ0n) is 8.92. The Bertz CT molecular complexity index is 200. The molecule has 0 aromatic carbocycles. The van der Waals surface area contributed by atoms with E-state index in [0.29, 0.717) is 0 Å². The van der Waals surface area contributed by atoms with Crippen LogP contribution in [0.15, 0.2) is 0 Å². The highest BCUT2D eigenvalue weighted by Crippen LogP contribution is 2.03. The van der Waals surface area contributed by atoms with E-state index in [0.717, 1.165) is 0 Å². The summed E-state index contributed by atoms with van der Waals surface area (Å²) in [6.45, 7) is 5.22. The average molecular weight is 186 g/mol. The molecule has 0 spiro atoms. The summed E-state index contributed by atoms with van der Waals surface area (Å²) >= 11 is 0. The molecular formula is C9H18N2O2. The minimum absolute atomic E-state index is 0.0646. The lowest BCUT2D eigenvalue weighted by Crippen LogP contribution is -2.48. The first-order chi connectivity index (χ1) is 5.86. The molecule has 0 radical (unpaired) electrons. The minimum atomic E-state index is -0.410. The van der Waals surface area contributed by atoms with Crippen molar-refractivity contribution in [2.24, 2.45) is 5.92 Å². The molecule has 0 aliphatic heterocycles. The summed E-state index contributed by atoms with van der Waals surface area (Å²) in [5, 5.41) is 2.63. The smallest absolute Gasteiger partial charge is 0.244 e. The van der Waals surface area contributed by atoms with Gasteiger partial charge < -0.3 is 10.2 Å². The highest BCUT2D eigenvalue weighted by atomic mass is 16.2. The van der Waals surface area contributed by atoms with Crippen molar-refractivity contribution in [3.63, 3.8) is 0 Å². The lowest BCUT2D eigenvalue weighted by Gasteiger charge is -2.23. The van der Waals surface area contributed by atoms with E-state index in [9.17, 15) is 9.59 Å². The van der Waals surface area contributed by atoms with Crippen LogP contribution in [0.2, 0.25) is 0 Å². The summed E-state index contributed by atoms with van der Waals surface area (Å²) in [4.78, 5) is 23.8. The Labute approximate surface area is 79.3 Å². The Balaban J connectivity index is 4.42. The maximum absolute atomic E-state index is 11.5. The number of nitrogens with zero attached hydrogens (tertiary/aromatic N) is 1. The highest BCUT2D eigenvalue weighted by Gasteiger charge is 2.23. The number of carbonyl (C=O) groups is 2. The van der Waals surface area contributed by atoms with Gasteiger partial charge in [0.15, 0.2) is 0 Å². The second kappa shape index (κ2) is 4.84. The zero-order chi connectivity index (χ0) is 10.6. The molecule has 0 rings (SSSR count). The second-order valence-electron chi connectivity index (χ2n) is 3.65. The van der Waals surface area contributed by atoms with Gasteiger partial charge in [-0.25, -0.2) is 0 Å². The Hall–Kier alpha value is -1.06. The summed E-state index contributed by atoms with van der Waals surface area (Å²) in [5.41, 5.74) is 0. The van der Waals surface area contributed by atoms with Gasteiger partial charge in [0.1, 0.15) is 6.04 Å². The van der Waals surface area contributed by atoms with Gasteiger partial charge in [0.2, 0.25) is 11.8 Å². The van der Waals surface area contributed by atoms with Crippen LogP contribution < -0.4 is 5.32 Å². The summed E-state index contributed by atoms with van der Waals surface area (Å²) in [6.07, 6.45) is 0. The highest BCUT2D eigenvalue weighted by molar-refractivity contribution is 5.86. The van der Waals surface area contributed by atoms with Gasteiger partial charge >= 0.3 is 0 Å². The van der Waals surface area contributed by atoms with E-state index in [4.69, 9.17) is 0 Å². The summed E-state index contributed by atoms with van der Waals surface area (Å²) in [7, 11) is 3.36. The van der Waals surface area contributed by atoms with Crippen LogP contribution in [0.25, 0.3) is 0 Å². The van der Waals surface area contributed by atoms with Crippen LogP contribution in [0.1, 0.15) is 20.8 Å². The van der Waals surface area contributed by atoms with E-state index in [1.54, 1.807) is 14.1 Å². The number of nitrogens with one attached hydrogen (secondary N) is 1. The molecule has 1 unspecified atom stereocenters. The maximum atomic E-state index is 11.5. The second-order valence-corrected chi connectivity index (χ2v) is 3.65. The molecule has 0 aliphatic carbocycles. The van der Waals surface area contributed by atoms with Crippen LogP contribution in [0.5, 0.6) is 0 Å². The average Bonchev–Trinajstić information content (AvgIpc) is 1.97. The molecule has 2 amide bonds. The van der Waals surface area contributed by atoms with Crippen molar-refractivity contribution in [3.05, 3.63) is 0 Å². The monoisotopic (exact) mass is 186 g/mol. The molecule has 0 aliphatic rings. The normalized spacial score (nSPS) is 12.5. The van der Waals surface area contributed by atoms with Crippen LogP contribution in [-0.4, -0.2) is 36.9 Å². The van der Waals surface area contributed by atoms with Gasteiger partial charge in [-0.3, -0.25) is 9.59 Å². The Morgan fingerprint density at radius 2 is 1.69 bits per heavy atom. The van der Waals surface area contributed by atoms with Gasteiger partial charge in [-0.05, 0) is 5.92 Å². The van der Waals surface area contributed by atoms with Gasteiger partial charge in [-0.15, -0.1) is 0 Å². The SMILES string of the molecule is CC(=O)NC(C(=O)N(C)C)C(C)C. The maximum Gasteiger partial charge on any atom is 0.244 e. The van der Waals surface area contributed by atoms with Crippen LogP contribution in [0.4, 0.5) is 0 Å². The summed E-state index contributed by atoms with van der Waals surface area (Å²) < 4.78 is 0. The molecule has 1 N–H and O–H groups in total. The first kappa shape index (κ1) is 11.9. The third-order valence-electron chi connectivity index (χ3n) is 1.73. The minimum Gasteiger partial charge on any atom is -0.347 e. The van der Waals surface area contributed by atoms with Crippen molar-refractivity contribution < 1.29 is 9.59 Å². The third kappa shape index (κ3) is 3.92. The fourth-order valence-corrected chi connectivity index (χ4v) is 1.01. The lowest BCUT2D eigenvalue weighted by molar-refractivity contribution is -0.135. The van der Waals surface area contributed by atoms with Crippen molar-refractivity contribution in [3.8, 4) is 0 Å². The van der Waals surface area contributed by atoms with Gasteiger partial charge in [-0.2, -0.15) is 0 Å². The molecule has 0 aromatic rings. The lowest BCUT2D eigenvalue weighted by atomic mass is 10.0. The van der Waals surface area contributed by atoms with Crippen LogP contribution in [-0.2, 0) is 9.59 Å². The number of carbonyl (C=O) groups excluding carboxylic acids is 2. The van der Waals surface area contributed by atoms with E-state index in [1.165, 1.54) is 11.8 Å². The van der Waals surface area contributed by atoms with E-state index < -0.39 is 6.04 Å².